The maximum absolute atomic E-state index is 13.0. The number of fused-ring (bicyclic) bond motifs is 1. The van der Waals surface area contributed by atoms with Crippen LogP contribution in [-0.4, -0.2) is 61.8 Å². The van der Waals surface area contributed by atoms with Crippen LogP contribution in [0.1, 0.15) is 5.56 Å². The summed E-state index contributed by atoms with van der Waals surface area (Å²) in [6, 6.07) is 12.0. The number of H-pyrrole nitrogens is 1. The number of nitrogens with one attached hydrogen (secondary N) is 1. The summed E-state index contributed by atoms with van der Waals surface area (Å²) in [6.07, 6.45) is 3.22. The van der Waals surface area contributed by atoms with Crippen LogP contribution in [0.5, 0.6) is 5.75 Å². The molecule has 0 radical (unpaired) electrons. The third-order valence-corrected chi connectivity index (χ3v) is 7.85. The zero-order chi connectivity index (χ0) is 22.0. The first-order valence-electron chi connectivity index (χ1n) is 9.61. The number of nitrogens with zero attached hydrogens (tertiary/aromatic N) is 2. The minimum atomic E-state index is -3.70. The van der Waals surface area contributed by atoms with E-state index < -0.39 is 10.0 Å². The van der Waals surface area contributed by atoms with Gasteiger partial charge in [-0.3, -0.25) is 9.59 Å². The van der Waals surface area contributed by atoms with Gasteiger partial charge in [-0.05, 0) is 42.0 Å². The molecule has 31 heavy (non-hydrogen) atoms. The van der Waals surface area contributed by atoms with Gasteiger partial charge in [0.15, 0.2) is 0 Å². The van der Waals surface area contributed by atoms with Crippen molar-refractivity contribution in [1.82, 2.24) is 14.2 Å². The number of rotatable bonds is 5. The Kier molecular flexibility index (Phi) is 5.94. The number of benzene rings is 2. The Balaban J connectivity index is 1.40. The second-order valence-corrected chi connectivity index (χ2v) is 9.96. The summed E-state index contributed by atoms with van der Waals surface area (Å²) in [7, 11) is -2.11. The number of carbonyl (C=O) groups is 1. The molecule has 1 amide bonds. The lowest BCUT2D eigenvalue weighted by Crippen LogP contribution is -2.50. The molecule has 8 nitrogen and oxygen atoms in total. The minimum Gasteiger partial charge on any atom is -0.497 e. The number of amides is 1. The van der Waals surface area contributed by atoms with Crippen LogP contribution >= 0.6 is 11.3 Å². The van der Waals surface area contributed by atoms with Gasteiger partial charge < -0.3 is 14.6 Å². The molecule has 0 bridgehead atoms. The Morgan fingerprint density at radius 3 is 2.48 bits per heavy atom. The van der Waals surface area contributed by atoms with Gasteiger partial charge in [0.2, 0.25) is 15.9 Å². The van der Waals surface area contributed by atoms with E-state index in [4.69, 9.17) is 4.74 Å². The summed E-state index contributed by atoms with van der Waals surface area (Å²) in [5.74, 6) is 0.581. The van der Waals surface area contributed by atoms with Gasteiger partial charge in [0.05, 0.1) is 22.2 Å². The highest BCUT2D eigenvalue weighted by atomic mass is 32.2. The van der Waals surface area contributed by atoms with Crippen LogP contribution in [0.3, 0.4) is 0 Å². The van der Waals surface area contributed by atoms with Crippen molar-refractivity contribution in [3.63, 3.8) is 0 Å². The van der Waals surface area contributed by atoms with Crippen LogP contribution in [0.15, 0.2) is 58.2 Å². The quantitative estimate of drug-likeness (QED) is 0.590. The van der Waals surface area contributed by atoms with Crippen molar-refractivity contribution in [3.05, 3.63) is 63.8 Å². The standard InChI is InChI=1S/C21H21N3O5S2/c1-29-16-5-2-15(3-6-16)4-9-20(25)23-10-12-24(13-11-23)31(27,28)17-7-8-18-19(14-17)30-21(26)22-18/h2-9,14H,10-13H2,1H3,(H,22,26). The fourth-order valence-electron chi connectivity index (χ4n) is 3.37. The molecule has 1 aromatic heterocycles. The molecule has 0 saturated carbocycles. The highest BCUT2D eigenvalue weighted by Crippen LogP contribution is 2.23. The molecular weight excluding hydrogens is 438 g/mol. The Morgan fingerprint density at radius 1 is 1.10 bits per heavy atom. The molecule has 4 rings (SSSR count). The average molecular weight is 460 g/mol. The van der Waals surface area contributed by atoms with Gasteiger partial charge in [0.1, 0.15) is 5.75 Å². The van der Waals surface area contributed by atoms with E-state index in [-0.39, 0.29) is 28.8 Å². The van der Waals surface area contributed by atoms with Crippen molar-refractivity contribution in [3.8, 4) is 5.75 Å². The normalized spacial score (nSPS) is 15.6. The van der Waals surface area contributed by atoms with Crippen molar-refractivity contribution in [2.45, 2.75) is 4.90 Å². The summed E-state index contributed by atoms with van der Waals surface area (Å²) in [6.45, 7) is 1.05. The first-order valence-corrected chi connectivity index (χ1v) is 11.9. The average Bonchev–Trinajstić information content (AvgIpc) is 3.17. The summed E-state index contributed by atoms with van der Waals surface area (Å²) < 4.78 is 33.1. The lowest BCUT2D eigenvalue weighted by molar-refractivity contribution is -0.127. The number of thiazole rings is 1. The van der Waals surface area contributed by atoms with Crippen molar-refractivity contribution in [2.75, 3.05) is 33.3 Å². The molecule has 10 heteroatoms. The third kappa shape index (κ3) is 4.55. The molecule has 1 aliphatic rings. The molecule has 162 valence electrons. The van der Waals surface area contributed by atoms with Crippen LogP contribution in [-0.2, 0) is 14.8 Å². The number of aromatic amines is 1. The van der Waals surface area contributed by atoms with Gasteiger partial charge in [-0.15, -0.1) is 0 Å². The van der Waals surface area contributed by atoms with E-state index in [1.165, 1.54) is 22.5 Å². The number of ether oxygens (including phenoxy) is 1. The van der Waals surface area contributed by atoms with E-state index in [1.54, 1.807) is 24.2 Å². The monoisotopic (exact) mass is 459 g/mol. The fraction of sp³-hybridized carbons (Fsp3) is 0.238. The summed E-state index contributed by atoms with van der Waals surface area (Å²) in [5.41, 5.74) is 1.49. The predicted octanol–water partition coefficient (Wildman–Crippen LogP) is 2.14. The van der Waals surface area contributed by atoms with Gasteiger partial charge in [0, 0.05) is 32.3 Å². The lowest BCUT2D eigenvalue weighted by atomic mass is 10.2. The number of methoxy groups -OCH3 is 1. The number of carbonyl (C=O) groups excluding carboxylic acids is 1. The molecule has 0 unspecified atom stereocenters. The zero-order valence-corrected chi connectivity index (χ0v) is 18.4. The Hall–Kier alpha value is -2.95. The first-order chi connectivity index (χ1) is 14.9. The number of piperazine rings is 1. The van der Waals surface area contributed by atoms with E-state index in [9.17, 15) is 18.0 Å². The minimum absolute atomic E-state index is 0.148. The fourth-order valence-corrected chi connectivity index (χ4v) is 5.67. The molecule has 2 heterocycles. The molecule has 1 saturated heterocycles. The third-order valence-electron chi connectivity index (χ3n) is 5.11. The van der Waals surface area contributed by atoms with Crippen molar-refractivity contribution < 1.29 is 17.9 Å². The molecule has 0 spiro atoms. The predicted molar refractivity (Wildman–Crippen MR) is 120 cm³/mol. The van der Waals surface area contributed by atoms with Crippen LogP contribution in [0.4, 0.5) is 0 Å². The van der Waals surface area contributed by atoms with Crippen LogP contribution in [0, 0.1) is 0 Å². The molecule has 3 aromatic rings. The smallest absolute Gasteiger partial charge is 0.305 e. The van der Waals surface area contributed by atoms with Gasteiger partial charge in [-0.2, -0.15) is 4.31 Å². The molecule has 0 atom stereocenters. The zero-order valence-electron chi connectivity index (χ0n) is 16.8. The maximum atomic E-state index is 13.0. The van der Waals surface area contributed by atoms with Crippen LogP contribution in [0.2, 0.25) is 0 Å². The Labute approximate surface area is 183 Å². The summed E-state index contributed by atoms with van der Waals surface area (Å²) in [4.78, 5) is 28.2. The van der Waals surface area contributed by atoms with E-state index in [0.29, 0.717) is 23.3 Å². The summed E-state index contributed by atoms with van der Waals surface area (Å²) in [5, 5.41) is 0. The topological polar surface area (TPSA) is 99.8 Å². The van der Waals surface area contributed by atoms with E-state index in [0.717, 1.165) is 22.6 Å². The van der Waals surface area contributed by atoms with Gasteiger partial charge in [0.25, 0.3) is 0 Å². The van der Waals surface area contributed by atoms with E-state index in [2.05, 4.69) is 4.98 Å². The lowest BCUT2D eigenvalue weighted by Gasteiger charge is -2.33. The highest BCUT2D eigenvalue weighted by molar-refractivity contribution is 7.89. The van der Waals surface area contributed by atoms with E-state index in [1.807, 2.05) is 24.3 Å². The number of sulfonamides is 1. The number of aromatic nitrogens is 1. The Bertz CT molecular complexity index is 1280. The van der Waals surface area contributed by atoms with E-state index >= 15 is 0 Å². The SMILES string of the molecule is COc1ccc(C=CC(=O)N2CCN(S(=O)(=O)c3ccc4[nH]c(=O)sc4c3)CC2)cc1. The first kappa shape index (κ1) is 21.3. The van der Waals surface area contributed by atoms with Crippen molar-refractivity contribution >= 4 is 43.6 Å². The largest absolute Gasteiger partial charge is 0.497 e. The molecule has 2 aromatic carbocycles. The maximum Gasteiger partial charge on any atom is 0.305 e. The molecule has 1 aliphatic heterocycles. The summed E-state index contributed by atoms with van der Waals surface area (Å²) >= 11 is 0.977. The Morgan fingerprint density at radius 2 is 1.81 bits per heavy atom. The number of hydrogen-bond acceptors (Lipinski definition) is 6. The second kappa shape index (κ2) is 8.66. The van der Waals surface area contributed by atoms with Crippen LogP contribution < -0.4 is 9.61 Å². The molecular formula is C21H21N3O5S2. The van der Waals surface area contributed by atoms with Crippen molar-refractivity contribution in [1.29, 1.82) is 0 Å². The molecule has 0 aliphatic carbocycles. The van der Waals surface area contributed by atoms with Gasteiger partial charge in [-0.25, -0.2) is 8.42 Å². The van der Waals surface area contributed by atoms with Crippen molar-refractivity contribution in [2.24, 2.45) is 0 Å². The second-order valence-electron chi connectivity index (χ2n) is 7.01. The van der Waals surface area contributed by atoms with Gasteiger partial charge in [-0.1, -0.05) is 23.5 Å². The number of hydrogen-bond donors (Lipinski definition) is 1. The van der Waals surface area contributed by atoms with Gasteiger partial charge >= 0.3 is 4.87 Å². The molecule has 1 fully saturated rings. The van der Waals surface area contributed by atoms with Crippen LogP contribution in [0.25, 0.3) is 16.3 Å². The highest BCUT2D eigenvalue weighted by Gasteiger charge is 2.29. The molecule has 1 N–H and O–H groups in total.